The van der Waals surface area contributed by atoms with E-state index in [0.717, 1.165) is 16.7 Å². The minimum Gasteiger partial charge on any atom is -0.389 e. The van der Waals surface area contributed by atoms with Gasteiger partial charge in [-0.15, -0.1) is 0 Å². The molecular formula is C16H16O. The third-order valence-corrected chi connectivity index (χ3v) is 2.70. The zero-order valence-corrected chi connectivity index (χ0v) is 9.88. The molecule has 1 atom stereocenters. The second-order valence-electron chi connectivity index (χ2n) is 4.05. The van der Waals surface area contributed by atoms with Gasteiger partial charge >= 0.3 is 0 Å². The van der Waals surface area contributed by atoms with Gasteiger partial charge in [-0.05, 0) is 23.6 Å². The normalized spacial score (nSPS) is 12.8. The molecule has 1 nitrogen and oxygen atoms in total. The first kappa shape index (κ1) is 11.6. The number of benzene rings is 2. The molecule has 1 N–H and O–H groups in total. The summed E-state index contributed by atoms with van der Waals surface area (Å²) in [7, 11) is 0. The largest absolute Gasteiger partial charge is 0.389 e. The molecule has 0 aliphatic rings. The van der Waals surface area contributed by atoms with Crippen LogP contribution in [-0.4, -0.2) is 5.11 Å². The van der Waals surface area contributed by atoms with Crippen LogP contribution in [0.2, 0.25) is 0 Å². The Labute approximate surface area is 102 Å². The molecule has 2 rings (SSSR count). The highest BCUT2D eigenvalue weighted by Gasteiger charge is 2.03. The Morgan fingerprint density at radius 3 is 2.24 bits per heavy atom. The first-order valence-corrected chi connectivity index (χ1v) is 5.77. The molecule has 2 aromatic rings. The molecule has 1 heteroatoms. The van der Waals surface area contributed by atoms with Crippen LogP contribution in [0.4, 0.5) is 0 Å². The summed E-state index contributed by atoms with van der Waals surface area (Å²) in [6.07, 6.45) is 3.66. The Morgan fingerprint density at radius 2 is 1.53 bits per heavy atom. The Kier molecular flexibility index (Phi) is 3.73. The van der Waals surface area contributed by atoms with Gasteiger partial charge < -0.3 is 5.11 Å². The molecule has 0 aromatic heterocycles. The van der Waals surface area contributed by atoms with Gasteiger partial charge in [-0.25, -0.2) is 0 Å². The maximum atomic E-state index is 9.67. The molecule has 0 saturated heterocycles. The molecule has 0 aliphatic heterocycles. The number of hydrogen-bond acceptors (Lipinski definition) is 1. The Bertz CT molecular complexity index is 498. The summed E-state index contributed by atoms with van der Waals surface area (Å²) in [6.45, 7) is 1.79. The van der Waals surface area contributed by atoms with Crippen LogP contribution in [0.25, 0.3) is 12.2 Å². The molecule has 0 radical (unpaired) electrons. The van der Waals surface area contributed by atoms with Crippen molar-refractivity contribution in [2.24, 2.45) is 0 Å². The summed E-state index contributed by atoms with van der Waals surface area (Å²) in [5, 5.41) is 9.67. The maximum Gasteiger partial charge on any atom is 0.0767 e. The van der Waals surface area contributed by atoms with Crippen LogP contribution in [0.5, 0.6) is 0 Å². The Morgan fingerprint density at radius 1 is 0.882 bits per heavy atom. The summed E-state index contributed by atoms with van der Waals surface area (Å²) in [5.74, 6) is 0. The van der Waals surface area contributed by atoms with Crippen molar-refractivity contribution in [1.29, 1.82) is 0 Å². The summed E-state index contributed by atoms with van der Waals surface area (Å²) in [6, 6.07) is 18.0. The summed E-state index contributed by atoms with van der Waals surface area (Å²) >= 11 is 0. The van der Waals surface area contributed by atoms with E-state index in [1.165, 1.54) is 0 Å². The molecule has 0 saturated carbocycles. The molecular weight excluding hydrogens is 208 g/mol. The molecule has 1 unspecified atom stereocenters. The second kappa shape index (κ2) is 5.46. The summed E-state index contributed by atoms with van der Waals surface area (Å²) in [4.78, 5) is 0. The van der Waals surface area contributed by atoms with E-state index < -0.39 is 6.10 Å². The van der Waals surface area contributed by atoms with Gasteiger partial charge in [0.1, 0.15) is 0 Å². The highest BCUT2D eigenvalue weighted by atomic mass is 16.3. The Hall–Kier alpha value is -1.86. The Balaban J connectivity index is 2.27. The van der Waals surface area contributed by atoms with Crippen LogP contribution in [0.15, 0.2) is 54.6 Å². The molecule has 0 fully saturated rings. The smallest absolute Gasteiger partial charge is 0.0767 e. The zero-order valence-electron chi connectivity index (χ0n) is 9.88. The van der Waals surface area contributed by atoms with Gasteiger partial charge in [0.05, 0.1) is 6.10 Å². The van der Waals surface area contributed by atoms with Crippen molar-refractivity contribution in [2.75, 3.05) is 0 Å². The third kappa shape index (κ3) is 3.05. The van der Waals surface area contributed by atoms with Crippen LogP contribution in [0, 0.1) is 0 Å². The van der Waals surface area contributed by atoms with Gasteiger partial charge in [0.15, 0.2) is 0 Å². The van der Waals surface area contributed by atoms with Crippen LogP contribution in [0.1, 0.15) is 29.7 Å². The first-order chi connectivity index (χ1) is 8.27. The van der Waals surface area contributed by atoms with E-state index in [1.807, 2.05) is 48.5 Å². The lowest BCUT2D eigenvalue weighted by Crippen LogP contribution is -1.93. The van der Waals surface area contributed by atoms with Crippen molar-refractivity contribution in [2.45, 2.75) is 13.0 Å². The lowest BCUT2D eigenvalue weighted by molar-refractivity contribution is 0.199. The zero-order chi connectivity index (χ0) is 12.1. The number of aliphatic hydroxyl groups excluding tert-OH is 1. The highest BCUT2D eigenvalue weighted by molar-refractivity contribution is 5.71. The molecule has 0 aliphatic carbocycles. The molecule has 2 aromatic carbocycles. The van der Waals surface area contributed by atoms with Crippen molar-refractivity contribution < 1.29 is 5.11 Å². The van der Waals surface area contributed by atoms with Gasteiger partial charge in [0.2, 0.25) is 0 Å². The number of rotatable bonds is 3. The average molecular weight is 224 g/mol. The molecule has 0 heterocycles. The van der Waals surface area contributed by atoms with Gasteiger partial charge in [0, 0.05) is 0 Å². The molecule has 0 spiro atoms. The average Bonchev–Trinajstić information content (AvgIpc) is 2.38. The van der Waals surface area contributed by atoms with Crippen LogP contribution in [0.3, 0.4) is 0 Å². The molecule has 86 valence electrons. The number of hydrogen-bond donors (Lipinski definition) is 1. The molecule has 17 heavy (non-hydrogen) atoms. The fraction of sp³-hybridized carbons (Fsp3) is 0.125. The minimum absolute atomic E-state index is 0.438. The molecule has 0 amide bonds. The summed E-state index contributed by atoms with van der Waals surface area (Å²) < 4.78 is 0. The fourth-order valence-corrected chi connectivity index (χ4v) is 1.79. The van der Waals surface area contributed by atoms with Crippen molar-refractivity contribution in [1.82, 2.24) is 0 Å². The minimum atomic E-state index is -0.438. The van der Waals surface area contributed by atoms with E-state index in [1.54, 1.807) is 6.92 Å². The van der Waals surface area contributed by atoms with Gasteiger partial charge in [-0.1, -0.05) is 66.7 Å². The fourth-order valence-electron chi connectivity index (χ4n) is 1.79. The van der Waals surface area contributed by atoms with Crippen molar-refractivity contribution in [3.8, 4) is 0 Å². The highest BCUT2D eigenvalue weighted by Crippen LogP contribution is 2.19. The van der Waals surface area contributed by atoms with Crippen LogP contribution < -0.4 is 0 Å². The maximum absolute atomic E-state index is 9.67. The quantitative estimate of drug-likeness (QED) is 0.784. The SMILES string of the molecule is CC(O)c1ccccc1/C=C\c1ccccc1. The second-order valence-corrected chi connectivity index (χ2v) is 4.05. The topological polar surface area (TPSA) is 20.2 Å². The van der Waals surface area contributed by atoms with Crippen LogP contribution >= 0.6 is 0 Å². The van der Waals surface area contributed by atoms with Crippen LogP contribution in [-0.2, 0) is 0 Å². The van der Waals surface area contributed by atoms with Crippen molar-refractivity contribution in [3.05, 3.63) is 71.3 Å². The standard InChI is InChI=1S/C16H16O/c1-13(17)16-10-6-5-9-15(16)12-11-14-7-3-2-4-8-14/h2-13,17H,1H3/b12-11-. The van der Waals surface area contributed by atoms with Gasteiger partial charge in [-0.2, -0.15) is 0 Å². The third-order valence-electron chi connectivity index (χ3n) is 2.70. The van der Waals surface area contributed by atoms with Gasteiger partial charge in [0.25, 0.3) is 0 Å². The lowest BCUT2D eigenvalue weighted by atomic mass is 10.0. The van der Waals surface area contributed by atoms with Crippen molar-refractivity contribution >= 4 is 12.2 Å². The van der Waals surface area contributed by atoms with Gasteiger partial charge in [-0.3, -0.25) is 0 Å². The first-order valence-electron chi connectivity index (χ1n) is 5.77. The van der Waals surface area contributed by atoms with E-state index >= 15 is 0 Å². The van der Waals surface area contributed by atoms with E-state index in [0.29, 0.717) is 0 Å². The van der Waals surface area contributed by atoms with E-state index in [2.05, 4.69) is 18.2 Å². The predicted octanol–water partition coefficient (Wildman–Crippen LogP) is 3.91. The van der Waals surface area contributed by atoms with E-state index in [9.17, 15) is 5.11 Å². The number of aliphatic hydroxyl groups is 1. The van der Waals surface area contributed by atoms with Crippen molar-refractivity contribution in [3.63, 3.8) is 0 Å². The lowest BCUT2D eigenvalue weighted by Gasteiger charge is -2.08. The molecule has 0 bridgehead atoms. The van der Waals surface area contributed by atoms with E-state index in [4.69, 9.17) is 0 Å². The monoisotopic (exact) mass is 224 g/mol. The predicted molar refractivity (Wildman–Crippen MR) is 72.4 cm³/mol. The summed E-state index contributed by atoms with van der Waals surface area (Å²) in [5.41, 5.74) is 3.18. The van der Waals surface area contributed by atoms with E-state index in [-0.39, 0.29) is 0 Å².